The van der Waals surface area contributed by atoms with Crippen LogP contribution in [0.5, 0.6) is 0 Å². The molecule has 0 bridgehead atoms. The van der Waals surface area contributed by atoms with Crippen molar-refractivity contribution in [1.29, 1.82) is 0 Å². The van der Waals surface area contributed by atoms with E-state index in [4.69, 9.17) is 4.74 Å². The summed E-state index contributed by atoms with van der Waals surface area (Å²) in [5.74, 6) is -1.73. The van der Waals surface area contributed by atoms with E-state index in [1.165, 1.54) is 25.1 Å². The van der Waals surface area contributed by atoms with Gasteiger partial charge in [0.1, 0.15) is 11.3 Å². The van der Waals surface area contributed by atoms with Crippen LogP contribution >= 0.6 is 0 Å². The number of aliphatic hydroxyl groups excluding tert-OH is 1. The van der Waals surface area contributed by atoms with Crippen LogP contribution in [0, 0.1) is 10.1 Å². The first-order chi connectivity index (χ1) is 14.3. The van der Waals surface area contributed by atoms with E-state index in [1.54, 1.807) is 31.2 Å². The number of nitro groups is 1. The van der Waals surface area contributed by atoms with Crippen molar-refractivity contribution in [2.24, 2.45) is 9.98 Å². The van der Waals surface area contributed by atoms with Gasteiger partial charge in [0.05, 0.1) is 17.2 Å². The fraction of sp³-hybridized carbons (Fsp3) is 0.143. The molecule has 0 saturated heterocycles. The lowest BCUT2D eigenvalue weighted by atomic mass is 9.99. The van der Waals surface area contributed by atoms with Crippen molar-refractivity contribution >= 4 is 29.1 Å². The molecule has 0 aliphatic carbocycles. The van der Waals surface area contributed by atoms with Gasteiger partial charge in [-0.05, 0) is 19.9 Å². The van der Waals surface area contributed by atoms with Crippen LogP contribution in [0.2, 0.25) is 0 Å². The molecule has 2 aromatic carbocycles. The number of aliphatic imine (C=N–C) groups is 2. The average molecular weight is 407 g/mol. The Bertz CT molecular complexity index is 1140. The van der Waals surface area contributed by atoms with E-state index in [2.05, 4.69) is 9.98 Å². The summed E-state index contributed by atoms with van der Waals surface area (Å²) >= 11 is 0. The minimum atomic E-state index is -0.752. The molecule has 3 rings (SSSR count). The van der Waals surface area contributed by atoms with Crippen LogP contribution in [0.3, 0.4) is 0 Å². The number of hydrogen-bond acceptors (Lipinski definition) is 6. The van der Waals surface area contributed by atoms with Gasteiger partial charge in [0.25, 0.3) is 11.6 Å². The second-order valence-electron chi connectivity index (χ2n) is 6.23. The molecule has 1 heterocycles. The zero-order chi connectivity index (χ0) is 21.8. The number of amidine groups is 1. The van der Waals surface area contributed by atoms with E-state index in [0.717, 1.165) is 6.07 Å². The van der Waals surface area contributed by atoms with Crippen molar-refractivity contribution in [2.75, 3.05) is 6.61 Å². The molecule has 0 fully saturated rings. The summed E-state index contributed by atoms with van der Waals surface area (Å²) in [5.41, 5.74) is 0.777. The highest BCUT2D eigenvalue weighted by Gasteiger charge is 2.30. The van der Waals surface area contributed by atoms with Crippen molar-refractivity contribution in [3.05, 3.63) is 86.7 Å². The van der Waals surface area contributed by atoms with Gasteiger partial charge in [-0.15, -0.1) is 0 Å². The smallest absolute Gasteiger partial charge is 0.343 e. The molecule has 30 heavy (non-hydrogen) atoms. The lowest BCUT2D eigenvalue weighted by molar-refractivity contribution is -0.384. The number of benzene rings is 2. The molecule has 1 aliphatic rings. The van der Waals surface area contributed by atoms with Crippen molar-refractivity contribution in [3.63, 3.8) is 0 Å². The summed E-state index contributed by atoms with van der Waals surface area (Å²) in [6.45, 7) is 3.08. The highest BCUT2D eigenvalue weighted by molar-refractivity contribution is 6.36. The number of amides is 1. The quantitative estimate of drug-likeness (QED) is 0.266. The molecule has 1 N–H and O–H groups in total. The maximum absolute atomic E-state index is 12.6. The molecule has 2 aromatic rings. The van der Waals surface area contributed by atoms with E-state index in [9.17, 15) is 24.8 Å². The highest BCUT2D eigenvalue weighted by atomic mass is 16.6. The molecule has 0 aromatic heterocycles. The average Bonchev–Trinajstić information content (AvgIpc) is 3.06. The predicted octanol–water partition coefficient (Wildman–Crippen LogP) is 3.38. The van der Waals surface area contributed by atoms with E-state index < -0.39 is 16.8 Å². The second-order valence-corrected chi connectivity index (χ2v) is 6.23. The first-order valence-electron chi connectivity index (χ1n) is 8.96. The molecule has 1 amide bonds. The molecule has 0 saturated carbocycles. The van der Waals surface area contributed by atoms with Gasteiger partial charge in [-0.1, -0.05) is 30.3 Å². The van der Waals surface area contributed by atoms with Crippen molar-refractivity contribution in [2.45, 2.75) is 13.8 Å². The predicted molar refractivity (Wildman–Crippen MR) is 109 cm³/mol. The number of carbonyl (C=O) groups excluding carboxylic acids is 2. The third-order valence-electron chi connectivity index (χ3n) is 4.23. The Balaban J connectivity index is 2.08. The Morgan fingerprint density at radius 2 is 1.87 bits per heavy atom. The molecular weight excluding hydrogens is 390 g/mol. The largest absolute Gasteiger partial charge is 0.512 e. The number of aliphatic hydroxyl groups is 1. The maximum atomic E-state index is 12.6. The SMILES string of the molecule is CCOC(=O)C(C1=NC(=NC(=O)c2cccc([N+](=O)[O-])c2)c2ccccc21)=C(C)O. The minimum absolute atomic E-state index is 0.0253. The Morgan fingerprint density at radius 3 is 2.50 bits per heavy atom. The summed E-state index contributed by atoms with van der Waals surface area (Å²) in [6, 6.07) is 12.0. The van der Waals surface area contributed by atoms with Gasteiger partial charge in [-0.2, -0.15) is 4.99 Å². The van der Waals surface area contributed by atoms with Gasteiger partial charge < -0.3 is 9.84 Å². The zero-order valence-electron chi connectivity index (χ0n) is 16.2. The van der Waals surface area contributed by atoms with Crippen LogP contribution in [-0.2, 0) is 9.53 Å². The Hall–Kier alpha value is -4.14. The molecule has 9 nitrogen and oxygen atoms in total. The molecular formula is C21H17N3O6. The molecule has 0 unspecified atom stereocenters. The van der Waals surface area contributed by atoms with Gasteiger partial charge in [0.15, 0.2) is 5.84 Å². The van der Waals surface area contributed by atoms with Crippen molar-refractivity contribution < 1.29 is 24.4 Å². The van der Waals surface area contributed by atoms with Gasteiger partial charge in [-0.25, -0.2) is 9.79 Å². The first-order valence-corrected chi connectivity index (χ1v) is 8.96. The van der Waals surface area contributed by atoms with Crippen LogP contribution < -0.4 is 0 Å². The van der Waals surface area contributed by atoms with Crippen LogP contribution in [0.4, 0.5) is 5.69 Å². The summed E-state index contributed by atoms with van der Waals surface area (Å²) in [5, 5.41) is 21.0. The number of ether oxygens (including phenoxy) is 1. The number of non-ortho nitro benzene ring substituents is 1. The Labute approximate surface area is 171 Å². The number of carbonyl (C=O) groups is 2. The second kappa shape index (κ2) is 8.48. The summed E-state index contributed by atoms with van der Waals surface area (Å²) in [6.07, 6.45) is 0. The summed E-state index contributed by atoms with van der Waals surface area (Å²) in [4.78, 5) is 43.6. The van der Waals surface area contributed by atoms with Crippen LogP contribution in [0.15, 0.2) is 69.8 Å². The standard InChI is InChI=1S/C21H17N3O6/c1-3-30-21(27)17(12(2)25)18-15-9-4-5-10-16(15)19(22-18)23-20(26)13-7-6-8-14(11-13)24(28)29/h4-11,25H,3H2,1-2H3. The normalized spacial score (nSPS) is 14.6. The molecule has 152 valence electrons. The molecule has 0 radical (unpaired) electrons. The van der Waals surface area contributed by atoms with Crippen LogP contribution in [-0.4, -0.2) is 40.1 Å². The highest BCUT2D eigenvalue weighted by Crippen LogP contribution is 2.26. The van der Waals surface area contributed by atoms with Gasteiger partial charge >= 0.3 is 5.97 Å². The zero-order valence-corrected chi connectivity index (χ0v) is 16.2. The van der Waals surface area contributed by atoms with E-state index >= 15 is 0 Å². The maximum Gasteiger partial charge on any atom is 0.343 e. The Kier molecular flexibility index (Phi) is 5.82. The van der Waals surface area contributed by atoms with Gasteiger partial charge in [0.2, 0.25) is 0 Å². The number of hydrogen-bond donors (Lipinski definition) is 1. The number of nitro benzene ring substituents is 1. The summed E-state index contributed by atoms with van der Waals surface area (Å²) < 4.78 is 5.01. The topological polar surface area (TPSA) is 131 Å². The van der Waals surface area contributed by atoms with Crippen LogP contribution in [0.25, 0.3) is 0 Å². The lowest BCUT2D eigenvalue weighted by Gasteiger charge is -2.08. The number of esters is 1. The fourth-order valence-electron chi connectivity index (χ4n) is 2.92. The van der Waals surface area contributed by atoms with Crippen molar-refractivity contribution in [1.82, 2.24) is 0 Å². The van der Waals surface area contributed by atoms with E-state index in [0.29, 0.717) is 11.1 Å². The summed E-state index contributed by atoms with van der Waals surface area (Å²) in [7, 11) is 0. The monoisotopic (exact) mass is 407 g/mol. The third-order valence-corrected chi connectivity index (χ3v) is 4.23. The molecule has 9 heteroatoms. The number of rotatable bonds is 5. The van der Waals surface area contributed by atoms with E-state index in [-0.39, 0.29) is 40.7 Å². The number of fused-ring (bicyclic) bond motifs is 1. The van der Waals surface area contributed by atoms with Crippen molar-refractivity contribution in [3.8, 4) is 0 Å². The van der Waals surface area contributed by atoms with Gasteiger partial charge in [0, 0.05) is 28.8 Å². The molecule has 0 spiro atoms. The molecule has 1 aliphatic heterocycles. The first kappa shape index (κ1) is 20.6. The minimum Gasteiger partial charge on any atom is -0.512 e. The van der Waals surface area contributed by atoms with Gasteiger partial charge in [-0.3, -0.25) is 14.9 Å². The third kappa shape index (κ3) is 4.00. The van der Waals surface area contributed by atoms with Crippen LogP contribution in [0.1, 0.15) is 35.3 Å². The Morgan fingerprint density at radius 1 is 1.17 bits per heavy atom. The fourth-order valence-corrected chi connectivity index (χ4v) is 2.92. The molecule has 0 atom stereocenters. The lowest BCUT2D eigenvalue weighted by Crippen LogP contribution is -2.18. The number of nitrogens with zero attached hydrogens (tertiary/aromatic N) is 3. The van der Waals surface area contributed by atoms with E-state index in [1.807, 2.05) is 0 Å². The number of allylic oxidation sites excluding steroid dienone is 1.